The van der Waals surface area contributed by atoms with E-state index in [1.165, 1.54) is 28.8 Å². The smallest absolute Gasteiger partial charge is 0.337 e. The molecule has 0 aromatic heterocycles. The van der Waals surface area contributed by atoms with Gasteiger partial charge in [0, 0.05) is 0 Å². The van der Waals surface area contributed by atoms with E-state index in [0.717, 1.165) is 31.2 Å². The van der Waals surface area contributed by atoms with Gasteiger partial charge in [0.05, 0.1) is 16.1 Å². The van der Waals surface area contributed by atoms with Crippen LogP contribution >= 0.6 is 0 Å². The molecule has 33 heavy (non-hydrogen) atoms. The summed E-state index contributed by atoms with van der Waals surface area (Å²) in [5.41, 5.74) is 5.11. The molecule has 0 radical (unpaired) electrons. The lowest BCUT2D eigenvalue weighted by molar-refractivity contribution is 0.0698. The molecule has 0 unspecified atom stereocenters. The van der Waals surface area contributed by atoms with E-state index in [1.807, 2.05) is 6.07 Å². The van der Waals surface area contributed by atoms with Crippen LogP contribution in [0.4, 0.5) is 5.69 Å². The number of carbonyl (C=O) groups is 1. The van der Waals surface area contributed by atoms with Crippen LogP contribution in [0, 0.1) is 13.8 Å². The number of sulfonamides is 1. The normalized spacial score (nSPS) is 18.6. The fourth-order valence-electron chi connectivity index (χ4n) is 4.84. The summed E-state index contributed by atoms with van der Waals surface area (Å²) in [6, 6.07) is 19.5. The van der Waals surface area contributed by atoms with Gasteiger partial charge in [-0.25, -0.2) is 13.2 Å². The van der Waals surface area contributed by atoms with E-state index in [0.29, 0.717) is 5.92 Å². The van der Waals surface area contributed by atoms with Crippen molar-refractivity contribution in [1.29, 1.82) is 0 Å². The minimum atomic E-state index is -3.87. The third-order valence-electron chi connectivity index (χ3n) is 6.86. The molecule has 3 aromatic rings. The van der Waals surface area contributed by atoms with Gasteiger partial charge in [-0.3, -0.25) is 4.72 Å². The molecule has 1 saturated carbocycles. The van der Waals surface area contributed by atoms with Gasteiger partial charge < -0.3 is 5.11 Å². The first-order valence-corrected chi connectivity index (χ1v) is 12.8. The molecule has 3 aromatic carbocycles. The van der Waals surface area contributed by atoms with Gasteiger partial charge in [-0.05, 0) is 97.9 Å². The zero-order valence-electron chi connectivity index (χ0n) is 18.9. The van der Waals surface area contributed by atoms with E-state index in [2.05, 4.69) is 36.8 Å². The second kappa shape index (κ2) is 9.40. The molecule has 1 aliphatic carbocycles. The number of carboxylic acids is 1. The summed E-state index contributed by atoms with van der Waals surface area (Å²) in [5, 5.41) is 9.77. The van der Waals surface area contributed by atoms with Gasteiger partial charge in [-0.15, -0.1) is 0 Å². The van der Waals surface area contributed by atoms with Crippen LogP contribution in [0.1, 0.15) is 70.1 Å². The zero-order valence-corrected chi connectivity index (χ0v) is 19.7. The molecule has 5 nitrogen and oxygen atoms in total. The second-order valence-corrected chi connectivity index (χ2v) is 10.5. The number of rotatable bonds is 6. The largest absolute Gasteiger partial charge is 0.478 e. The van der Waals surface area contributed by atoms with Crippen molar-refractivity contribution in [3.63, 3.8) is 0 Å². The summed E-state index contributed by atoms with van der Waals surface area (Å²) in [7, 11) is -3.87. The average Bonchev–Trinajstić information content (AvgIpc) is 2.81. The third-order valence-corrected chi connectivity index (χ3v) is 8.24. The Morgan fingerprint density at radius 1 is 0.879 bits per heavy atom. The molecule has 1 aliphatic rings. The van der Waals surface area contributed by atoms with Crippen LogP contribution in [0.5, 0.6) is 0 Å². The Balaban J connectivity index is 1.53. The first-order valence-electron chi connectivity index (χ1n) is 11.3. The average molecular weight is 464 g/mol. The van der Waals surface area contributed by atoms with Crippen LogP contribution < -0.4 is 4.72 Å². The summed E-state index contributed by atoms with van der Waals surface area (Å²) in [4.78, 5) is 12.0. The van der Waals surface area contributed by atoms with Crippen LogP contribution in [0.2, 0.25) is 0 Å². The van der Waals surface area contributed by atoms with Gasteiger partial charge in [0.15, 0.2) is 0 Å². The van der Waals surface area contributed by atoms with Crippen LogP contribution in [0.15, 0.2) is 71.6 Å². The quantitative estimate of drug-likeness (QED) is 0.453. The van der Waals surface area contributed by atoms with E-state index in [4.69, 9.17) is 0 Å². The highest BCUT2D eigenvalue weighted by molar-refractivity contribution is 7.92. The minimum Gasteiger partial charge on any atom is -0.478 e. The Hall–Kier alpha value is -3.12. The van der Waals surface area contributed by atoms with E-state index in [-0.39, 0.29) is 22.1 Å². The zero-order chi connectivity index (χ0) is 23.6. The highest BCUT2D eigenvalue weighted by Crippen LogP contribution is 2.42. The van der Waals surface area contributed by atoms with Crippen molar-refractivity contribution >= 4 is 21.7 Å². The molecule has 0 spiro atoms. The number of carboxylic acid groups (broad SMARTS) is 1. The van der Waals surface area contributed by atoms with Gasteiger partial charge in [-0.2, -0.15) is 0 Å². The molecule has 0 aliphatic heterocycles. The lowest BCUT2D eigenvalue weighted by Crippen LogP contribution is -2.17. The van der Waals surface area contributed by atoms with Gasteiger partial charge in [-0.1, -0.05) is 42.5 Å². The molecular weight excluding hydrogens is 434 g/mol. The number of nitrogens with one attached hydrogen (secondary N) is 1. The first kappa shape index (κ1) is 23.1. The molecular formula is C27H29NO4S. The highest BCUT2D eigenvalue weighted by atomic mass is 32.2. The third kappa shape index (κ3) is 4.96. The minimum absolute atomic E-state index is 0.0244. The summed E-state index contributed by atoms with van der Waals surface area (Å²) in [6.45, 7) is 4.33. The molecule has 0 saturated heterocycles. The molecule has 4 rings (SSSR count). The molecule has 172 valence electrons. The standard InChI is InChI=1S/C27H29NO4S/c1-18-7-6-10-24(19(18)2)21-13-11-20(12-14-21)22-15-16-26(25(17-22)27(29)30)28-33(31,32)23-8-4-3-5-9-23/h3-10,15-17,20-21,28H,11-14H2,1-2H3,(H,29,30). The van der Waals surface area contributed by atoms with Crippen molar-refractivity contribution in [2.75, 3.05) is 4.72 Å². The van der Waals surface area contributed by atoms with Crippen molar-refractivity contribution in [3.05, 3.63) is 94.5 Å². The maximum atomic E-state index is 12.7. The van der Waals surface area contributed by atoms with Crippen molar-refractivity contribution in [1.82, 2.24) is 0 Å². The summed E-state index contributed by atoms with van der Waals surface area (Å²) in [5.74, 6) is -0.354. The SMILES string of the molecule is Cc1cccc(C2CCC(c3ccc(NS(=O)(=O)c4ccccc4)c(C(=O)O)c3)CC2)c1C. The van der Waals surface area contributed by atoms with Crippen molar-refractivity contribution < 1.29 is 18.3 Å². The van der Waals surface area contributed by atoms with Crippen molar-refractivity contribution in [3.8, 4) is 0 Å². The van der Waals surface area contributed by atoms with Crippen molar-refractivity contribution in [2.45, 2.75) is 56.3 Å². The maximum absolute atomic E-state index is 12.7. The number of hydrogen-bond donors (Lipinski definition) is 2. The van der Waals surface area contributed by atoms with E-state index in [9.17, 15) is 18.3 Å². The van der Waals surface area contributed by atoms with Crippen LogP contribution in [0.25, 0.3) is 0 Å². The van der Waals surface area contributed by atoms with Crippen LogP contribution in [-0.4, -0.2) is 19.5 Å². The monoisotopic (exact) mass is 463 g/mol. The molecule has 0 heterocycles. The lowest BCUT2D eigenvalue weighted by Gasteiger charge is -2.30. The van der Waals surface area contributed by atoms with Gasteiger partial charge >= 0.3 is 5.97 Å². The first-order chi connectivity index (χ1) is 15.8. The Kier molecular flexibility index (Phi) is 6.56. The highest BCUT2D eigenvalue weighted by Gasteiger charge is 2.26. The summed E-state index contributed by atoms with van der Waals surface area (Å²) < 4.78 is 27.8. The molecule has 0 atom stereocenters. The number of aryl methyl sites for hydroxylation is 1. The molecule has 6 heteroatoms. The Labute approximate surface area is 195 Å². The summed E-state index contributed by atoms with van der Waals surface area (Å²) >= 11 is 0. The number of benzene rings is 3. The summed E-state index contributed by atoms with van der Waals surface area (Å²) in [6.07, 6.45) is 4.07. The molecule has 0 amide bonds. The Morgan fingerprint density at radius 3 is 2.21 bits per heavy atom. The van der Waals surface area contributed by atoms with Gasteiger partial charge in [0.1, 0.15) is 0 Å². The van der Waals surface area contributed by atoms with E-state index < -0.39 is 16.0 Å². The molecule has 0 bridgehead atoms. The fourth-order valence-corrected chi connectivity index (χ4v) is 5.94. The second-order valence-electron chi connectivity index (χ2n) is 8.87. The molecule has 2 N–H and O–H groups in total. The molecule has 1 fully saturated rings. The van der Waals surface area contributed by atoms with E-state index >= 15 is 0 Å². The van der Waals surface area contributed by atoms with Crippen LogP contribution in [-0.2, 0) is 10.0 Å². The van der Waals surface area contributed by atoms with Gasteiger partial charge in [0.25, 0.3) is 10.0 Å². The lowest BCUT2D eigenvalue weighted by atomic mass is 9.75. The predicted molar refractivity (Wildman–Crippen MR) is 131 cm³/mol. The Morgan fingerprint density at radius 2 is 1.55 bits per heavy atom. The predicted octanol–water partition coefficient (Wildman–Crippen LogP) is 6.24. The number of hydrogen-bond acceptors (Lipinski definition) is 3. The number of anilines is 1. The maximum Gasteiger partial charge on any atom is 0.337 e. The number of aromatic carboxylic acids is 1. The topological polar surface area (TPSA) is 83.5 Å². The van der Waals surface area contributed by atoms with E-state index in [1.54, 1.807) is 30.3 Å². The Bertz CT molecular complexity index is 1260. The van der Waals surface area contributed by atoms with Crippen LogP contribution in [0.3, 0.4) is 0 Å². The fraction of sp³-hybridized carbons (Fsp3) is 0.296. The van der Waals surface area contributed by atoms with Crippen molar-refractivity contribution in [2.24, 2.45) is 0 Å². The van der Waals surface area contributed by atoms with Gasteiger partial charge in [0.2, 0.25) is 0 Å².